The van der Waals surface area contributed by atoms with Crippen LogP contribution in [0.1, 0.15) is 12.8 Å². The number of H-pyrrole nitrogens is 1. The van der Waals surface area contributed by atoms with Crippen molar-refractivity contribution in [3.8, 4) is 22.6 Å². The Balaban J connectivity index is 1.29. The van der Waals surface area contributed by atoms with Crippen molar-refractivity contribution in [2.75, 3.05) is 29.6 Å². The van der Waals surface area contributed by atoms with Gasteiger partial charge in [0.1, 0.15) is 0 Å². The minimum absolute atomic E-state index is 0.243. The average Bonchev–Trinajstić information content (AvgIpc) is 3.35. The Labute approximate surface area is 203 Å². The number of hydrogen-bond donors (Lipinski definition) is 3. The lowest BCUT2D eigenvalue weighted by atomic mass is 10.1. The van der Waals surface area contributed by atoms with Gasteiger partial charge in [-0.25, -0.2) is 18.4 Å². The molecule has 11 heteroatoms. The van der Waals surface area contributed by atoms with Crippen molar-refractivity contribution in [2.45, 2.75) is 23.8 Å². The first kappa shape index (κ1) is 22.9. The number of aliphatic hydroxyl groups excluding tert-OH is 1. The second kappa shape index (κ2) is 9.43. The van der Waals surface area contributed by atoms with Crippen LogP contribution in [-0.4, -0.2) is 64.1 Å². The minimum Gasteiger partial charge on any atom is -0.393 e. The van der Waals surface area contributed by atoms with E-state index >= 15 is 0 Å². The fourth-order valence-corrected chi connectivity index (χ4v) is 4.56. The highest BCUT2D eigenvalue weighted by atomic mass is 32.2. The largest absolute Gasteiger partial charge is 0.393 e. The van der Waals surface area contributed by atoms with Gasteiger partial charge < -0.3 is 15.3 Å². The normalized spacial score (nSPS) is 14.7. The maximum Gasteiger partial charge on any atom is 0.245 e. The summed E-state index contributed by atoms with van der Waals surface area (Å²) in [7, 11) is -3.31. The van der Waals surface area contributed by atoms with Crippen molar-refractivity contribution in [3.63, 3.8) is 0 Å². The number of anilines is 3. The van der Waals surface area contributed by atoms with Crippen LogP contribution >= 0.6 is 0 Å². The van der Waals surface area contributed by atoms with Crippen LogP contribution in [-0.2, 0) is 9.84 Å². The fourth-order valence-electron chi connectivity index (χ4n) is 3.90. The number of rotatable bonds is 6. The molecule has 1 saturated heterocycles. The molecule has 1 aliphatic heterocycles. The first-order valence-corrected chi connectivity index (χ1v) is 13.1. The molecular weight excluding hydrogens is 466 g/mol. The van der Waals surface area contributed by atoms with E-state index in [1.54, 1.807) is 30.5 Å². The Hall–Kier alpha value is -3.83. The van der Waals surface area contributed by atoms with E-state index in [2.05, 4.69) is 35.4 Å². The number of nitrogens with one attached hydrogen (secondary N) is 2. The Morgan fingerprint density at radius 3 is 2.54 bits per heavy atom. The first-order valence-electron chi connectivity index (χ1n) is 11.2. The van der Waals surface area contributed by atoms with Gasteiger partial charge in [0, 0.05) is 42.4 Å². The van der Waals surface area contributed by atoms with E-state index in [1.807, 2.05) is 30.3 Å². The smallest absolute Gasteiger partial charge is 0.245 e. The van der Waals surface area contributed by atoms with E-state index in [4.69, 9.17) is 0 Å². The van der Waals surface area contributed by atoms with Crippen molar-refractivity contribution in [3.05, 3.63) is 60.8 Å². The first-order chi connectivity index (χ1) is 16.8. The van der Waals surface area contributed by atoms with Crippen LogP contribution in [0.15, 0.2) is 65.7 Å². The standard InChI is InChI=1S/C24H25N7O3S/c1-35(33,34)20-4-2-3-17(15-20)21-9-12-25-23(27-21)26-18-7-5-16(6-8-18)22-28-24(30-29-22)31-13-10-19(32)11-14-31/h2-9,12,15,19,32H,10-11,13-14H2,1H3,(H,25,26,27)(H,28,29,30). The van der Waals surface area contributed by atoms with Crippen molar-refractivity contribution in [2.24, 2.45) is 0 Å². The van der Waals surface area contributed by atoms with Crippen LogP contribution in [0.5, 0.6) is 0 Å². The third-order valence-corrected chi connectivity index (χ3v) is 6.96. The number of aliphatic hydroxyl groups is 1. The molecule has 0 radical (unpaired) electrons. The van der Waals surface area contributed by atoms with Gasteiger partial charge in [0.2, 0.25) is 11.9 Å². The van der Waals surface area contributed by atoms with E-state index in [0.717, 1.165) is 37.2 Å². The molecule has 5 rings (SSSR count). The molecule has 0 aliphatic carbocycles. The van der Waals surface area contributed by atoms with Gasteiger partial charge >= 0.3 is 0 Å². The summed E-state index contributed by atoms with van der Waals surface area (Å²) in [6, 6.07) is 16.1. The van der Waals surface area contributed by atoms with Gasteiger partial charge in [-0.3, -0.25) is 5.10 Å². The Kier molecular flexibility index (Phi) is 6.18. The van der Waals surface area contributed by atoms with Gasteiger partial charge in [-0.1, -0.05) is 12.1 Å². The number of aromatic nitrogens is 5. The van der Waals surface area contributed by atoms with Crippen LogP contribution in [0.3, 0.4) is 0 Å². The van der Waals surface area contributed by atoms with Crippen LogP contribution in [0.25, 0.3) is 22.6 Å². The molecule has 0 saturated carbocycles. The Bertz CT molecular complexity index is 1430. The Morgan fingerprint density at radius 1 is 1.03 bits per heavy atom. The number of piperidine rings is 1. The molecule has 3 heterocycles. The summed E-state index contributed by atoms with van der Waals surface area (Å²) in [5, 5.41) is 20.2. The van der Waals surface area contributed by atoms with Gasteiger partial charge in [-0.05, 0) is 55.3 Å². The molecule has 2 aromatic carbocycles. The highest BCUT2D eigenvalue weighted by Gasteiger charge is 2.20. The lowest BCUT2D eigenvalue weighted by molar-refractivity contribution is 0.145. The third-order valence-electron chi connectivity index (χ3n) is 5.85. The van der Waals surface area contributed by atoms with E-state index < -0.39 is 9.84 Å². The fraction of sp³-hybridized carbons (Fsp3) is 0.250. The zero-order valence-electron chi connectivity index (χ0n) is 19.1. The summed E-state index contributed by atoms with van der Waals surface area (Å²) in [5.41, 5.74) is 2.99. The lowest BCUT2D eigenvalue weighted by Crippen LogP contribution is -2.36. The van der Waals surface area contributed by atoms with Crippen LogP contribution in [0, 0.1) is 0 Å². The maximum absolute atomic E-state index is 11.9. The highest BCUT2D eigenvalue weighted by Crippen LogP contribution is 2.25. The molecule has 2 aromatic heterocycles. The summed E-state index contributed by atoms with van der Waals surface area (Å²) in [6.07, 6.45) is 4.00. The molecule has 10 nitrogen and oxygen atoms in total. The lowest BCUT2D eigenvalue weighted by Gasteiger charge is -2.28. The zero-order chi connectivity index (χ0) is 24.4. The minimum atomic E-state index is -3.31. The summed E-state index contributed by atoms with van der Waals surface area (Å²) in [6.45, 7) is 1.47. The predicted molar refractivity (Wildman–Crippen MR) is 133 cm³/mol. The topological polar surface area (TPSA) is 137 Å². The molecule has 0 bridgehead atoms. The van der Waals surface area contributed by atoms with E-state index in [9.17, 15) is 13.5 Å². The zero-order valence-corrected chi connectivity index (χ0v) is 19.9. The van der Waals surface area contributed by atoms with Crippen molar-refractivity contribution in [1.82, 2.24) is 25.1 Å². The SMILES string of the molecule is CS(=O)(=O)c1cccc(-c2ccnc(Nc3ccc(-c4nc(N5CCC(O)CC5)n[nH]4)cc3)n2)c1. The van der Waals surface area contributed by atoms with Gasteiger partial charge in [0.15, 0.2) is 15.7 Å². The summed E-state index contributed by atoms with van der Waals surface area (Å²) >= 11 is 0. The third kappa shape index (κ3) is 5.31. The highest BCUT2D eigenvalue weighted by molar-refractivity contribution is 7.90. The molecule has 0 spiro atoms. The predicted octanol–water partition coefficient (Wildman–Crippen LogP) is 3.04. The Morgan fingerprint density at radius 2 is 1.80 bits per heavy atom. The molecule has 0 amide bonds. The molecular formula is C24H25N7O3S. The molecule has 4 aromatic rings. The molecule has 1 fully saturated rings. The van der Waals surface area contributed by atoms with Crippen LogP contribution in [0.4, 0.5) is 17.6 Å². The molecule has 3 N–H and O–H groups in total. The molecule has 35 heavy (non-hydrogen) atoms. The van der Waals surface area contributed by atoms with Gasteiger partial charge in [0.05, 0.1) is 16.7 Å². The summed E-state index contributed by atoms with van der Waals surface area (Å²) in [4.78, 5) is 15.7. The van der Waals surface area contributed by atoms with Gasteiger partial charge in [0.25, 0.3) is 0 Å². The number of nitrogens with zero attached hydrogens (tertiary/aromatic N) is 5. The van der Waals surface area contributed by atoms with Crippen molar-refractivity contribution >= 4 is 27.4 Å². The summed E-state index contributed by atoms with van der Waals surface area (Å²) in [5.74, 6) is 1.70. The molecule has 1 aliphatic rings. The molecule has 0 atom stereocenters. The second-order valence-electron chi connectivity index (χ2n) is 8.47. The molecule has 0 unspecified atom stereocenters. The van der Waals surface area contributed by atoms with Gasteiger partial charge in [-0.2, -0.15) is 4.98 Å². The number of hydrogen-bond acceptors (Lipinski definition) is 9. The molecule has 180 valence electrons. The van der Waals surface area contributed by atoms with Crippen LogP contribution < -0.4 is 10.2 Å². The van der Waals surface area contributed by atoms with Crippen LogP contribution in [0.2, 0.25) is 0 Å². The van der Waals surface area contributed by atoms with Crippen molar-refractivity contribution < 1.29 is 13.5 Å². The maximum atomic E-state index is 11.9. The average molecular weight is 492 g/mol. The number of sulfone groups is 1. The van der Waals surface area contributed by atoms with E-state index in [-0.39, 0.29) is 11.0 Å². The van der Waals surface area contributed by atoms with E-state index in [1.165, 1.54) is 6.26 Å². The van der Waals surface area contributed by atoms with E-state index in [0.29, 0.717) is 29.0 Å². The second-order valence-corrected chi connectivity index (χ2v) is 10.5. The monoisotopic (exact) mass is 491 g/mol. The number of benzene rings is 2. The van der Waals surface area contributed by atoms with Gasteiger partial charge in [-0.15, -0.1) is 5.10 Å². The quantitative estimate of drug-likeness (QED) is 0.372. The number of aromatic amines is 1. The summed E-state index contributed by atoms with van der Waals surface area (Å²) < 4.78 is 23.8. The van der Waals surface area contributed by atoms with Crippen molar-refractivity contribution in [1.29, 1.82) is 0 Å².